The van der Waals surface area contributed by atoms with Gasteiger partial charge in [-0.3, -0.25) is 0 Å². The molecule has 0 saturated carbocycles. The summed E-state index contributed by atoms with van der Waals surface area (Å²) in [6.45, 7) is 5.06. The van der Waals surface area contributed by atoms with E-state index in [1.807, 2.05) is 19.1 Å². The smallest absolute Gasteiger partial charge is 0.225 e. The molecule has 2 heterocycles. The van der Waals surface area contributed by atoms with Crippen molar-refractivity contribution in [2.24, 2.45) is 0 Å². The van der Waals surface area contributed by atoms with Crippen LogP contribution in [0.1, 0.15) is 35.2 Å². The Morgan fingerprint density at radius 3 is 2.80 bits per heavy atom. The van der Waals surface area contributed by atoms with Crippen LogP contribution in [0, 0.1) is 6.92 Å². The minimum absolute atomic E-state index is 0.200. The van der Waals surface area contributed by atoms with Gasteiger partial charge in [-0.05, 0) is 25.5 Å². The Labute approximate surface area is 123 Å². The van der Waals surface area contributed by atoms with Crippen LogP contribution in [0.25, 0.3) is 0 Å². The van der Waals surface area contributed by atoms with Gasteiger partial charge >= 0.3 is 0 Å². The SMILES string of the molecule is CCCc1c(CCO)sc[n+]1Cc1ccc(C)nc1N. The van der Waals surface area contributed by atoms with Crippen LogP contribution in [-0.2, 0) is 19.4 Å². The van der Waals surface area contributed by atoms with Gasteiger partial charge in [0.05, 0.1) is 10.4 Å². The fourth-order valence-corrected chi connectivity index (χ4v) is 3.32. The number of aromatic nitrogens is 2. The average molecular weight is 292 g/mol. The van der Waals surface area contributed by atoms with E-state index in [1.165, 1.54) is 10.6 Å². The molecule has 2 rings (SSSR count). The highest BCUT2D eigenvalue weighted by Crippen LogP contribution is 2.16. The lowest BCUT2D eigenvalue weighted by Gasteiger charge is -2.04. The van der Waals surface area contributed by atoms with Crippen molar-refractivity contribution in [3.63, 3.8) is 0 Å². The number of thiazole rings is 1. The summed E-state index contributed by atoms with van der Waals surface area (Å²) in [7, 11) is 0. The molecule has 0 radical (unpaired) electrons. The number of rotatable bonds is 6. The second-order valence-electron chi connectivity index (χ2n) is 4.94. The Hall–Kier alpha value is -1.46. The van der Waals surface area contributed by atoms with Crippen molar-refractivity contribution < 1.29 is 9.67 Å². The van der Waals surface area contributed by atoms with Gasteiger partial charge in [0.1, 0.15) is 5.82 Å². The summed E-state index contributed by atoms with van der Waals surface area (Å²) in [4.78, 5) is 5.59. The molecule has 5 heteroatoms. The Kier molecular flexibility index (Phi) is 5.09. The van der Waals surface area contributed by atoms with E-state index in [2.05, 4.69) is 22.0 Å². The fraction of sp³-hybridized carbons (Fsp3) is 0.467. The first kappa shape index (κ1) is 14.9. The highest BCUT2D eigenvalue weighted by atomic mass is 32.1. The predicted molar refractivity (Wildman–Crippen MR) is 81.8 cm³/mol. The highest BCUT2D eigenvalue weighted by molar-refractivity contribution is 7.09. The molecule has 0 unspecified atom stereocenters. The van der Waals surface area contributed by atoms with E-state index in [1.54, 1.807) is 11.3 Å². The van der Waals surface area contributed by atoms with Gasteiger partial charge in [-0.15, -0.1) is 0 Å². The van der Waals surface area contributed by atoms with Crippen molar-refractivity contribution in [3.8, 4) is 0 Å². The molecular formula is C15H22N3OS+. The summed E-state index contributed by atoms with van der Waals surface area (Å²) in [5, 5.41) is 9.15. The Morgan fingerprint density at radius 2 is 2.15 bits per heavy atom. The molecule has 20 heavy (non-hydrogen) atoms. The van der Waals surface area contributed by atoms with E-state index in [-0.39, 0.29) is 6.61 Å². The van der Waals surface area contributed by atoms with Crippen LogP contribution in [0.5, 0.6) is 0 Å². The normalized spacial score (nSPS) is 10.9. The third-order valence-electron chi connectivity index (χ3n) is 3.31. The zero-order valence-electron chi connectivity index (χ0n) is 12.1. The number of hydrogen-bond donors (Lipinski definition) is 2. The van der Waals surface area contributed by atoms with Gasteiger partial charge in [-0.25, -0.2) is 4.98 Å². The third kappa shape index (κ3) is 3.35. The van der Waals surface area contributed by atoms with E-state index in [9.17, 15) is 0 Å². The van der Waals surface area contributed by atoms with Crippen LogP contribution in [0.15, 0.2) is 17.6 Å². The van der Waals surface area contributed by atoms with Crippen LogP contribution < -0.4 is 10.3 Å². The van der Waals surface area contributed by atoms with Gasteiger partial charge in [0.2, 0.25) is 5.51 Å². The maximum absolute atomic E-state index is 9.15. The van der Waals surface area contributed by atoms with Gasteiger partial charge in [-0.2, -0.15) is 4.57 Å². The summed E-state index contributed by atoms with van der Waals surface area (Å²) >= 11 is 1.71. The maximum atomic E-state index is 9.15. The number of nitrogens with two attached hydrogens (primary N) is 1. The lowest BCUT2D eigenvalue weighted by molar-refractivity contribution is -0.691. The minimum atomic E-state index is 0.200. The molecule has 0 aliphatic rings. The van der Waals surface area contributed by atoms with Crippen LogP contribution in [-0.4, -0.2) is 16.7 Å². The maximum Gasteiger partial charge on any atom is 0.225 e. The van der Waals surface area contributed by atoms with Crippen molar-refractivity contribution in [1.82, 2.24) is 4.98 Å². The molecule has 108 valence electrons. The molecule has 0 aliphatic carbocycles. The van der Waals surface area contributed by atoms with E-state index in [0.717, 1.165) is 37.1 Å². The number of nitrogens with zero attached hydrogens (tertiary/aromatic N) is 2. The summed E-state index contributed by atoms with van der Waals surface area (Å²) in [5.41, 5.74) is 11.4. The molecule has 0 bridgehead atoms. The van der Waals surface area contributed by atoms with Crippen molar-refractivity contribution in [3.05, 3.63) is 39.5 Å². The number of pyridine rings is 1. The van der Waals surface area contributed by atoms with E-state index in [4.69, 9.17) is 10.8 Å². The summed E-state index contributed by atoms with van der Waals surface area (Å²) in [6.07, 6.45) is 2.85. The molecule has 2 aromatic heterocycles. The lowest BCUT2D eigenvalue weighted by atomic mass is 10.1. The van der Waals surface area contributed by atoms with Crippen LogP contribution >= 0.6 is 11.3 Å². The van der Waals surface area contributed by atoms with Gasteiger partial charge in [-0.1, -0.05) is 18.3 Å². The Bertz CT molecular complexity index is 580. The third-order valence-corrected chi connectivity index (χ3v) is 4.39. The van der Waals surface area contributed by atoms with Gasteiger partial charge in [0, 0.05) is 25.1 Å². The monoisotopic (exact) mass is 292 g/mol. The second-order valence-corrected chi connectivity index (χ2v) is 5.88. The van der Waals surface area contributed by atoms with Crippen molar-refractivity contribution in [1.29, 1.82) is 0 Å². The molecule has 4 nitrogen and oxygen atoms in total. The Morgan fingerprint density at radius 1 is 1.35 bits per heavy atom. The topological polar surface area (TPSA) is 63.0 Å². The Balaban J connectivity index is 2.28. The number of nitrogen functional groups attached to an aromatic ring is 1. The molecule has 0 aromatic carbocycles. The largest absolute Gasteiger partial charge is 0.396 e. The van der Waals surface area contributed by atoms with Crippen LogP contribution in [0.4, 0.5) is 5.82 Å². The number of aliphatic hydroxyl groups is 1. The van der Waals surface area contributed by atoms with Crippen LogP contribution in [0.3, 0.4) is 0 Å². The minimum Gasteiger partial charge on any atom is -0.396 e. The number of anilines is 1. The first-order valence-corrected chi connectivity index (χ1v) is 7.85. The van der Waals surface area contributed by atoms with Crippen molar-refractivity contribution in [2.75, 3.05) is 12.3 Å². The quantitative estimate of drug-likeness (QED) is 0.799. The molecule has 3 N–H and O–H groups in total. The predicted octanol–water partition coefficient (Wildman–Crippen LogP) is 1.86. The van der Waals surface area contributed by atoms with Gasteiger partial charge in [0.25, 0.3) is 0 Å². The summed E-state index contributed by atoms with van der Waals surface area (Å²) in [6, 6.07) is 4.04. The molecule has 0 atom stereocenters. The van der Waals surface area contributed by atoms with E-state index >= 15 is 0 Å². The average Bonchev–Trinajstić information content (AvgIpc) is 2.77. The van der Waals surface area contributed by atoms with Crippen LogP contribution in [0.2, 0.25) is 0 Å². The van der Waals surface area contributed by atoms with E-state index in [0.29, 0.717) is 5.82 Å². The standard InChI is InChI=1S/C15H22N3OS/c1-3-4-13-14(7-8-19)20-10-18(13)9-12-6-5-11(2)17-15(12)16/h5-6,10,19H,3-4,7-9H2,1-2H3,(H2,16,17)/q+1. The molecule has 0 saturated heterocycles. The fourth-order valence-electron chi connectivity index (χ4n) is 2.30. The molecule has 0 fully saturated rings. The van der Waals surface area contributed by atoms with Gasteiger partial charge in [0.15, 0.2) is 12.2 Å². The number of aliphatic hydroxyl groups excluding tert-OH is 1. The van der Waals surface area contributed by atoms with Crippen molar-refractivity contribution >= 4 is 17.2 Å². The lowest BCUT2D eigenvalue weighted by Crippen LogP contribution is -2.37. The van der Waals surface area contributed by atoms with Gasteiger partial charge < -0.3 is 10.8 Å². The molecule has 2 aromatic rings. The number of hydrogen-bond acceptors (Lipinski definition) is 4. The summed E-state index contributed by atoms with van der Waals surface area (Å²) in [5.74, 6) is 0.606. The van der Waals surface area contributed by atoms with E-state index < -0.39 is 0 Å². The molecular weight excluding hydrogens is 270 g/mol. The zero-order valence-corrected chi connectivity index (χ0v) is 12.9. The number of aryl methyl sites for hydroxylation is 1. The molecule has 0 amide bonds. The van der Waals surface area contributed by atoms with Crippen molar-refractivity contribution in [2.45, 2.75) is 39.7 Å². The first-order chi connectivity index (χ1) is 9.65. The molecule has 0 spiro atoms. The first-order valence-electron chi connectivity index (χ1n) is 6.97. The highest BCUT2D eigenvalue weighted by Gasteiger charge is 2.19. The second kappa shape index (κ2) is 6.81. The summed E-state index contributed by atoms with van der Waals surface area (Å²) < 4.78 is 2.24. The zero-order chi connectivity index (χ0) is 14.5. The molecule has 0 aliphatic heterocycles.